The van der Waals surface area contributed by atoms with Crippen LogP contribution in [0.1, 0.15) is 0 Å². The third kappa shape index (κ3) is 7.39. The third-order valence-electron chi connectivity index (χ3n) is 0.840. The molecule has 0 spiro atoms. The minimum absolute atomic E-state index is 1.11. The molecule has 0 aromatic heterocycles. The van der Waals surface area contributed by atoms with Crippen molar-refractivity contribution in [1.29, 1.82) is 0 Å². The molecule has 0 saturated carbocycles. The van der Waals surface area contributed by atoms with Gasteiger partial charge in [-0.3, -0.25) is 0 Å². The van der Waals surface area contributed by atoms with E-state index >= 15 is 0 Å². The van der Waals surface area contributed by atoms with Gasteiger partial charge < -0.3 is 0 Å². The second-order valence-corrected chi connectivity index (χ2v) is 18.3. The molecule has 0 heterocycles. The van der Waals surface area contributed by atoms with E-state index in [-0.39, 0.29) is 0 Å². The minimum atomic E-state index is -1.34. The third-order valence-corrected chi connectivity index (χ3v) is 4.65. The molecule has 0 aliphatic carbocycles. The van der Waals surface area contributed by atoms with E-state index in [4.69, 9.17) is 0 Å². The zero-order valence-corrected chi connectivity index (χ0v) is 9.68. The first kappa shape index (κ1) is 9.39. The van der Waals surface area contributed by atoms with Gasteiger partial charge in [0.15, 0.2) is 0 Å². The fourth-order valence-corrected chi connectivity index (χ4v) is 6.54. The van der Waals surface area contributed by atoms with Crippen molar-refractivity contribution in [3.63, 3.8) is 0 Å². The zero-order valence-electron chi connectivity index (χ0n) is 5.62. The van der Waals surface area contributed by atoms with Gasteiger partial charge >= 0.3 is 68.2 Å². The van der Waals surface area contributed by atoms with Gasteiger partial charge in [0.25, 0.3) is 0 Å². The number of hydrogen-bond donors (Lipinski definition) is 0. The predicted molar refractivity (Wildman–Crippen MR) is 52.3 cm³/mol. The molecule has 0 aliphatic rings. The Balaban J connectivity index is 3.73. The van der Waals surface area contributed by atoms with Crippen LogP contribution in [0.25, 0.3) is 0 Å². The van der Waals surface area contributed by atoms with Crippen LogP contribution in [0.2, 0.25) is 0 Å². The van der Waals surface area contributed by atoms with Crippen LogP contribution >= 0.6 is 36.7 Å². The van der Waals surface area contributed by atoms with E-state index in [1.807, 2.05) is 0 Å². The van der Waals surface area contributed by atoms with Crippen molar-refractivity contribution in [2.24, 2.45) is 0 Å². The number of alkyl halides is 1. The molecule has 3 heteroatoms. The number of rotatable bonds is 2. The summed E-state index contributed by atoms with van der Waals surface area (Å²) < 4.78 is 0. The van der Waals surface area contributed by atoms with E-state index in [1.54, 1.807) is 0 Å². The van der Waals surface area contributed by atoms with Crippen molar-refractivity contribution in [3.8, 4) is 0 Å². The average molecular weight is 264 g/mol. The van der Waals surface area contributed by atoms with E-state index in [1.165, 1.54) is 6.16 Å². The molecule has 0 bridgehead atoms. The molecule has 52 valence electrons. The molecule has 0 fully saturated rings. The molecule has 0 radical (unpaired) electrons. The topological polar surface area (TPSA) is 0 Å². The van der Waals surface area contributed by atoms with Crippen LogP contribution in [0.15, 0.2) is 0 Å². The van der Waals surface area contributed by atoms with Gasteiger partial charge in [-0.15, -0.1) is 0 Å². The molecule has 0 aromatic rings. The van der Waals surface area contributed by atoms with Gasteiger partial charge in [0, 0.05) is 0 Å². The number of halogens is 2. The Bertz CT molecular complexity index is 72.9. The molecule has 0 saturated heterocycles. The van der Waals surface area contributed by atoms with Gasteiger partial charge in [0.2, 0.25) is 0 Å². The summed E-state index contributed by atoms with van der Waals surface area (Å²) in [7, 11) is 0. The van der Waals surface area contributed by atoms with Gasteiger partial charge in [0.1, 0.15) is 0 Å². The summed E-state index contributed by atoms with van der Waals surface area (Å²) in [6.07, 6.45) is 1.27. The van der Waals surface area contributed by atoms with E-state index in [2.05, 4.69) is 51.4 Å². The number of hydrogen-bond acceptors (Lipinski definition) is 0. The Morgan fingerprint density at radius 3 is 1.62 bits per heavy atom. The SMILES string of the molecule is CP(C)(C)(Br)CCBr. The molecule has 0 N–H and O–H groups in total. The van der Waals surface area contributed by atoms with E-state index in [0.29, 0.717) is 0 Å². The van der Waals surface area contributed by atoms with Gasteiger partial charge in [-0.1, -0.05) is 0 Å². The van der Waals surface area contributed by atoms with Crippen molar-refractivity contribution in [3.05, 3.63) is 0 Å². The van der Waals surface area contributed by atoms with Crippen LogP contribution in [-0.4, -0.2) is 31.5 Å². The standard InChI is InChI=1S/C5H13Br2P/c1-8(2,3,7)5-4-6/h4-5H2,1-3H3. The summed E-state index contributed by atoms with van der Waals surface area (Å²) >= 11 is 7.17. The predicted octanol–water partition coefficient (Wildman–Crippen LogP) is 3.13. The summed E-state index contributed by atoms with van der Waals surface area (Å²) in [5.74, 6) is 0. The van der Waals surface area contributed by atoms with Crippen molar-refractivity contribution < 1.29 is 0 Å². The van der Waals surface area contributed by atoms with Crippen molar-refractivity contribution in [1.82, 2.24) is 0 Å². The van der Waals surface area contributed by atoms with E-state index < -0.39 is 5.31 Å². The van der Waals surface area contributed by atoms with E-state index in [0.717, 1.165) is 5.33 Å². The fraction of sp³-hybridized carbons (Fsp3) is 1.00. The van der Waals surface area contributed by atoms with Crippen molar-refractivity contribution in [2.45, 2.75) is 0 Å². The van der Waals surface area contributed by atoms with Gasteiger partial charge in [-0.25, -0.2) is 0 Å². The van der Waals surface area contributed by atoms with Crippen LogP contribution in [-0.2, 0) is 0 Å². The maximum atomic E-state index is 3.74. The van der Waals surface area contributed by atoms with Gasteiger partial charge in [-0.05, 0) is 0 Å². The summed E-state index contributed by atoms with van der Waals surface area (Å²) in [6.45, 7) is 6.94. The normalized spacial score (nSPS) is 17.4. The van der Waals surface area contributed by atoms with Crippen LogP contribution in [0.3, 0.4) is 0 Å². The average Bonchev–Trinajstić information content (AvgIpc) is 1.25. The second-order valence-electron chi connectivity index (χ2n) is 3.33. The molecular weight excluding hydrogens is 251 g/mol. The van der Waals surface area contributed by atoms with Crippen LogP contribution in [0.5, 0.6) is 0 Å². The first-order valence-electron chi connectivity index (χ1n) is 2.59. The summed E-state index contributed by atoms with van der Waals surface area (Å²) in [6, 6.07) is 0. The molecule has 0 amide bonds. The first-order valence-corrected chi connectivity index (χ1v) is 9.50. The summed E-state index contributed by atoms with van der Waals surface area (Å²) in [4.78, 5) is 0. The Kier molecular flexibility index (Phi) is 3.00. The molecular formula is C5H13Br2P. The molecule has 0 aromatic carbocycles. The van der Waals surface area contributed by atoms with Crippen molar-refractivity contribution in [2.75, 3.05) is 31.5 Å². The van der Waals surface area contributed by atoms with Crippen LogP contribution in [0, 0.1) is 0 Å². The summed E-state index contributed by atoms with van der Waals surface area (Å²) in [5, 5.41) is -0.228. The Morgan fingerprint density at radius 2 is 1.62 bits per heavy atom. The van der Waals surface area contributed by atoms with Crippen LogP contribution < -0.4 is 0 Å². The Morgan fingerprint density at radius 1 is 1.25 bits per heavy atom. The monoisotopic (exact) mass is 262 g/mol. The quantitative estimate of drug-likeness (QED) is 0.531. The Hall–Kier alpha value is 1.39. The van der Waals surface area contributed by atoms with E-state index in [9.17, 15) is 0 Å². The zero-order chi connectivity index (χ0) is 6.86. The first-order chi connectivity index (χ1) is 3.31. The van der Waals surface area contributed by atoms with Crippen LogP contribution in [0.4, 0.5) is 0 Å². The second kappa shape index (κ2) is 2.56. The molecule has 0 rings (SSSR count). The fourth-order valence-electron chi connectivity index (χ4n) is 0.285. The van der Waals surface area contributed by atoms with Crippen molar-refractivity contribution >= 4 is 36.7 Å². The van der Waals surface area contributed by atoms with Gasteiger partial charge in [0.05, 0.1) is 0 Å². The van der Waals surface area contributed by atoms with Gasteiger partial charge in [-0.2, -0.15) is 0 Å². The molecule has 0 nitrogen and oxygen atoms in total. The molecule has 0 unspecified atom stereocenters. The Labute approximate surface area is 68.2 Å². The summed E-state index contributed by atoms with van der Waals surface area (Å²) in [5.41, 5.74) is 0. The molecule has 0 aliphatic heterocycles. The maximum absolute atomic E-state index is 3.74. The molecule has 8 heavy (non-hydrogen) atoms. The molecule has 0 atom stereocenters.